The van der Waals surface area contributed by atoms with E-state index < -0.39 is 0 Å². The third-order valence-corrected chi connectivity index (χ3v) is 3.44. The Morgan fingerprint density at radius 2 is 2.18 bits per heavy atom. The first kappa shape index (κ1) is 14.0. The summed E-state index contributed by atoms with van der Waals surface area (Å²) in [4.78, 5) is 0. The van der Waals surface area contributed by atoms with E-state index in [2.05, 4.69) is 51.7 Å². The van der Waals surface area contributed by atoms with Gasteiger partial charge in [0.2, 0.25) is 0 Å². The Morgan fingerprint density at radius 3 is 2.76 bits per heavy atom. The van der Waals surface area contributed by atoms with Gasteiger partial charge in [-0.25, -0.2) is 0 Å². The van der Waals surface area contributed by atoms with Crippen LogP contribution in [-0.2, 0) is 0 Å². The van der Waals surface area contributed by atoms with E-state index in [9.17, 15) is 0 Å². The van der Waals surface area contributed by atoms with Gasteiger partial charge in [0, 0.05) is 0 Å². The fraction of sp³-hybridized carbons (Fsp3) is 0.529. The fourth-order valence-corrected chi connectivity index (χ4v) is 2.16. The molecule has 1 rings (SSSR count). The van der Waals surface area contributed by atoms with E-state index in [-0.39, 0.29) is 0 Å². The molecule has 94 valence electrons. The Balaban J connectivity index is 2.40. The lowest BCUT2D eigenvalue weighted by Crippen LogP contribution is -2.01. The summed E-state index contributed by atoms with van der Waals surface area (Å²) in [5, 5.41) is 0. The Bertz CT molecular complexity index is 339. The molecule has 0 aromatic heterocycles. The number of allylic oxidation sites excluding steroid dienone is 7. The van der Waals surface area contributed by atoms with Gasteiger partial charge in [0.15, 0.2) is 0 Å². The first-order valence-electron chi connectivity index (χ1n) is 6.84. The minimum Gasteiger partial charge on any atom is -0.0958 e. The van der Waals surface area contributed by atoms with Crippen molar-refractivity contribution >= 4 is 0 Å². The molecule has 0 saturated carbocycles. The van der Waals surface area contributed by atoms with Crippen molar-refractivity contribution in [2.24, 2.45) is 5.92 Å². The van der Waals surface area contributed by atoms with E-state index in [1.54, 1.807) is 5.57 Å². The lowest BCUT2D eigenvalue weighted by atomic mass is 9.88. The highest BCUT2D eigenvalue weighted by molar-refractivity contribution is 5.25. The second-order valence-corrected chi connectivity index (χ2v) is 5.20. The highest BCUT2D eigenvalue weighted by Gasteiger charge is 2.09. The normalized spacial score (nSPS) is 17.8. The highest BCUT2D eigenvalue weighted by atomic mass is 14.1. The molecule has 1 aliphatic rings. The van der Waals surface area contributed by atoms with E-state index in [1.165, 1.54) is 30.4 Å². The molecular weight excluding hydrogens is 204 g/mol. The summed E-state index contributed by atoms with van der Waals surface area (Å²) in [6, 6.07) is 0. The molecule has 0 spiro atoms. The summed E-state index contributed by atoms with van der Waals surface area (Å²) in [6.07, 6.45) is 15.0. The zero-order chi connectivity index (χ0) is 12.7. The smallest absolute Gasteiger partial charge is 0.0194 e. The van der Waals surface area contributed by atoms with E-state index in [0.717, 1.165) is 12.8 Å². The molecule has 0 N–H and O–H groups in total. The van der Waals surface area contributed by atoms with Crippen molar-refractivity contribution in [2.45, 2.75) is 52.9 Å². The molecule has 0 nitrogen and oxygen atoms in total. The van der Waals surface area contributed by atoms with Crippen molar-refractivity contribution in [1.82, 2.24) is 0 Å². The van der Waals surface area contributed by atoms with Gasteiger partial charge in [-0.3, -0.25) is 0 Å². The van der Waals surface area contributed by atoms with E-state index >= 15 is 0 Å². The minimum absolute atomic E-state index is 0.671. The zero-order valence-corrected chi connectivity index (χ0v) is 11.6. The minimum atomic E-state index is 0.671. The average molecular weight is 230 g/mol. The lowest BCUT2D eigenvalue weighted by molar-refractivity contribution is 0.647. The molecule has 0 amide bonds. The molecule has 17 heavy (non-hydrogen) atoms. The van der Waals surface area contributed by atoms with Crippen LogP contribution in [0.25, 0.3) is 0 Å². The molecule has 0 heteroatoms. The van der Waals surface area contributed by atoms with Crippen LogP contribution in [0.4, 0.5) is 0 Å². The maximum Gasteiger partial charge on any atom is -0.0194 e. The molecule has 0 heterocycles. The van der Waals surface area contributed by atoms with E-state index in [0.29, 0.717) is 5.92 Å². The standard InChI is InChI=1S/C17H26/c1-5-7-14(2)8-6-9-16(4)17-12-10-15(3)11-13-17/h6,8,10,12,16H,2,5,7,9,11,13H2,1,3-4H3/b8-6-. The summed E-state index contributed by atoms with van der Waals surface area (Å²) < 4.78 is 0. The van der Waals surface area contributed by atoms with Crippen molar-refractivity contribution in [3.05, 3.63) is 47.6 Å². The van der Waals surface area contributed by atoms with Crippen LogP contribution in [0, 0.1) is 5.92 Å². The van der Waals surface area contributed by atoms with Gasteiger partial charge in [-0.1, -0.05) is 67.9 Å². The second-order valence-electron chi connectivity index (χ2n) is 5.20. The summed E-state index contributed by atoms with van der Waals surface area (Å²) in [6.45, 7) is 10.8. The van der Waals surface area contributed by atoms with Gasteiger partial charge in [-0.2, -0.15) is 0 Å². The quantitative estimate of drug-likeness (QED) is 0.522. The van der Waals surface area contributed by atoms with Crippen LogP contribution < -0.4 is 0 Å². The van der Waals surface area contributed by atoms with Gasteiger partial charge in [-0.15, -0.1) is 0 Å². The first-order valence-corrected chi connectivity index (χ1v) is 6.84. The molecule has 0 fully saturated rings. The van der Waals surface area contributed by atoms with Gasteiger partial charge < -0.3 is 0 Å². The topological polar surface area (TPSA) is 0 Å². The highest BCUT2D eigenvalue weighted by Crippen LogP contribution is 2.26. The maximum absolute atomic E-state index is 4.05. The van der Waals surface area contributed by atoms with Crippen molar-refractivity contribution in [3.63, 3.8) is 0 Å². The molecule has 0 aromatic rings. The van der Waals surface area contributed by atoms with Gasteiger partial charge in [-0.05, 0) is 38.5 Å². The Labute approximate surface area is 107 Å². The number of hydrogen-bond acceptors (Lipinski definition) is 0. The van der Waals surface area contributed by atoms with Crippen LogP contribution in [0.15, 0.2) is 47.6 Å². The molecule has 0 radical (unpaired) electrons. The fourth-order valence-electron chi connectivity index (χ4n) is 2.16. The predicted octanol–water partition coefficient (Wildman–Crippen LogP) is 5.59. The largest absolute Gasteiger partial charge is 0.0958 e. The molecule has 0 saturated heterocycles. The predicted molar refractivity (Wildman–Crippen MR) is 78.0 cm³/mol. The SMILES string of the molecule is C=C(/C=C\CC(C)C1=CC=C(C)CC1)CCC. The van der Waals surface area contributed by atoms with Crippen LogP contribution in [-0.4, -0.2) is 0 Å². The molecule has 1 aliphatic carbocycles. The molecular formula is C17H26. The van der Waals surface area contributed by atoms with Crippen molar-refractivity contribution < 1.29 is 0 Å². The van der Waals surface area contributed by atoms with Crippen LogP contribution in [0.2, 0.25) is 0 Å². The summed E-state index contributed by atoms with van der Waals surface area (Å²) >= 11 is 0. The third-order valence-electron chi connectivity index (χ3n) is 3.44. The third kappa shape index (κ3) is 5.21. The van der Waals surface area contributed by atoms with E-state index in [4.69, 9.17) is 0 Å². The van der Waals surface area contributed by atoms with Crippen LogP contribution in [0.3, 0.4) is 0 Å². The van der Waals surface area contributed by atoms with Gasteiger partial charge >= 0.3 is 0 Å². The molecule has 1 unspecified atom stereocenters. The van der Waals surface area contributed by atoms with Gasteiger partial charge in [0.05, 0.1) is 0 Å². The van der Waals surface area contributed by atoms with Crippen molar-refractivity contribution in [3.8, 4) is 0 Å². The summed E-state index contributed by atoms with van der Waals surface area (Å²) in [5.41, 5.74) is 4.36. The molecule has 0 aromatic carbocycles. The number of hydrogen-bond donors (Lipinski definition) is 0. The Hall–Kier alpha value is -1.04. The summed E-state index contributed by atoms with van der Waals surface area (Å²) in [7, 11) is 0. The van der Waals surface area contributed by atoms with Crippen LogP contribution in [0.5, 0.6) is 0 Å². The average Bonchev–Trinajstić information content (AvgIpc) is 2.30. The lowest BCUT2D eigenvalue weighted by Gasteiger charge is -2.17. The van der Waals surface area contributed by atoms with Gasteiger partial charge in [0.25, 0.3) is 0 Å². The monoisotopic (exact) mass is 230 g/mol. The Morgan fingerprint density at radius 1 is 1.41 bits per heavy atom. The van der Waals surface area contributed by atoms with Gasteiger partial charge in [0.1, 0.15) is 0 Å². The zero-order valence-electron chi connectivity index (χ0n) is 11.6. The summed E-state index contributed by atoms with van der Waals surface area (Å²) in [5.74, 6) is 0.671. The number of rotatable bonds is 6. The van der Waals surface area contributed by atoms with Crippen molar-refractivity contribution in [1.29, 1.82) is 0 Å². The van der Waals surface area contributed by atoms with Crippen LogP contribution in [0.1, 0.15) is 52.9 Å². The van der Waals surface area contributed by atoms with Crippen molar-refractivity contribution in [2.75, 3.05) is 0 Å². The Kier molecular flexibility index (Phi) is 6.04. The molecule has 0 bridgehead atoms. The van der Waals surface area contributed by atoms with Crippen LogP contribution >= 0.6 is 0 Å². The molecule has 0 aliphatic heterocycles. The first-order chi connectivity index (χ1) is 8.13. The maximum atomic E-state index is 4.05. The molecule has 1 atom stereocenters. The second kappa shape index (κ2) is 7.32. The van der Waals surface area contributed by atoms with E-state index in [1.807, 2.05) is 0 Å².